The van der Waals surface area contributed by atoms with Gasteiger partial charge in [-0.15, -0.1) is 0 Å². The SMILES string of the molecule is CCCC(=O)OC(CCC)OCC. The lowest BCUT2D eigenvalue weighted by Gasteiger charge is -2.16. The number of carbonyl (C=O) groups excluding carboxylic acids is 1. The van der Waals surface area contributed by atoms with Gasteiger partial charge < -0.3 is 9.47 Å². The summed E-state index contributed by atoms with van der Waals surface area (Å²) in [5, 5.41) is 0. The topological polar surface area (TPSA) is 35.5 Å². The van der Waals surface area contributed by atoms with Gasteiger partial charge in [0.15, 0.2) is 0 Å². The highest BCUT2D eigenvalue weighted by atomic mass is 16.7. The van der Waals surface area contributed by atoms with Crippen LogP contribution in [0.2, 0.25) is 0 Å². The highest BCUT2D eigenvalue weighted by Crippen LogP contribution is 2.06. The maximum Gasteiger partial charge on any atom is 0.308 e. The van der Waals surface area contributed by atoms with Crippen LogP contribution in [0.3, 0.4) is 0 Å². The third-order valence-electron chi connectivity index (χ3n) is 1.59. The molecule has 0 heterocycles. The van der Waals surface area contributed by atoms with E-state index < -0.39 is 0 Å². The number of esters is 1. The zero-order valence-electron chi connectivity index (χ0n) is 8.84. The van der Waals surface area contributed by atoms with Gasteiger partial charge in [-0.05, 0) is 13.3 Å². The number of carbonyl (C=O) groups is 1. The first-order valence-corrected chi connectivity index (χ1v) is 5.05. The molecule has 0 aliphatic carbocycles. The molecule has 0 rings (SSSR count). The highest BCUT2D eigenvalue weighted by molar-refractivity contribution is 5.69. The molecule has 0 fully saturated rings. The van der Waals surface area contributed by atoms with Crippen LogP contribution in [0.4, 0.5) is 0 Å². The predicted octanol–water partition coefficient (Wildman–Crippen LogP) is 2.49. The molecule has 0 aliphatic rings. The average Bonchev–Trinajstić information content (AvgIpc) is 2.05. The van der Waals surface area contributed by atoms with Crippen molar-refractivity contribution in [2.75, 3.05) is 6.61 Å². The van der Waals surface area contributed by atoms with Gasteiger partial charge in [-0.25, -0.2) is 0 Å². The minimum Gasteiger partial charge on any atom is -0.436 e. The predicted molar refractivity (Wildman–Crippen MR) is 51.3 cm³/mol. The maximum absolute atomic E-state index is 11.1. The van der Waals surface area contributed by atoms with Crippen molar-refractivity contribution in [1.82, 2.24) is 0 Å². The van der Waals surface area contributed by atoms with Crippen LogP contribution in [-0.4, -0.2) is 18.9 Å². The van der Waals surface area contributed by atoms with Crippen molar-refractivity contribution in [3.63, 3.8) is 0 Å². The van der Waals surface area contributed by atoms with Crippen LogP contribution >= 0.6 is 0 Å². The summed E-state index contributed by atoms with van der Waals surface area (Å²) >= 11 is 0. The molecule has 78 valence electrons. The molecule has 0 saturated carbocycles. The molecule has 0 radical (unpaired) electrons. The van der Waals surface area contributed by atoms with E-state index >= 15 is 0 Å². The van der Waals surface area contributed by atoms with E-state index in [2.05, 4.69) is 0 Å². The standard InChI is InChI=1S/C10H20O3/c1-4-7-9(11)13-10(8-5-2)12-6-3/h10H,4-8H2,1-3H3. The Morgan fingerprint density at radius 2 is 1.92 bits per heavy atom. The second-order valence-electron chi connectivity index (χ2n) is 2.91. The van der Waals surface area contributed by atoms with Crippen LogP contribution in [0.1, 0.15) is 46.5 Å². The van der Waals surface area contributed by atoms with Crippen molar-refractivity contribution in [2.45, 2.75) is 52.7 Å². The van der Waals surface area contributed by atoms with Crippen LogP contribution in [-0.2, 0) is 14.3 Å². The van der Waals surface area contributed by atoms with Crippen molar-refractivity contribution >= 4 is 5.97 Å². The van der Waals surface area contributed by atoms with Crippen LogP contribution in [0.5, 0.6) is 0 Å². The summed E-state index contributed by atoms with van der Waals surface area (Å²) in [4.78, 5) is 11.1. The molecule has 0 spiro atoms. The molecular weight excluding hydrogens is 168 g/mol. The molecule has 3 nitrogen and oxygen atoms in total. The van der Waals surface area contributed by atoms with Crippen molar-refractivity contribution in [3.8, 4) is 0 Å². The third kappa shape index (κ3) is 6.58. The van der Waals surface area contributed by atoms with Gasteiger partial charge in [0.2, 0.25) is 6.29 Å². The minimum absolute atomic E-state index is 0.158. The quantitative estimate of drug-likeness (QED) is 0.455. The van der Waals surface area contributed by atoms with Crippen molar-refractivity contribution < 1.29 is 14.3 Å². The lowest BCUT2D eigenvalue weighted by Crippen LogP contribution is -2.21. The van der Waals surface area contributed by atoms with E-state index in [0.717, 1.165) is 19.3 Å². The van der Waals surface area contributed by atoms with Crippen LogP contribution < -0.4 is 0 Å². The lowest BCUT2D eigenvalue weighted by atomic mass is 10.3. The van der Waals surface area contributed by atoms with Crippen molar-refractivity contribution in [1.29, 1.82) is 0 Å². The molecule has 0 aromatic heterocycles. The van der Waals surface area contributed by atoms with E-state index in [1.54, 1.807) is 0 Å². The summed E-state index contributed by atoms with van der Waals surface area (Å²) in [7, 11) is 0. The number of rotatable bonds is 7. The first kappa shape index (κ1) is 12.4. The molecule has 1 unspecified atom stereocenters. The number of hydrogen-bond donors (Lipinski definition) is 0. The van der Waals surface area contributed by atoms with Crippen LogP contribution in [0, 0.1) is 0 Å². The molecule has 0 aliphatic heterocycles. The summed E-state index contributed by atoms with van der Waals surface area (Å²) < 4.78 is 10.4. The molecule has 0 N–H and O–H groups in total. The smallest absolute Gasteiger partial charge is 0.308 e. The summed E-state index contributed by atoms with van der Waals surface area (Å²) in [6.45, 7) is 6.48. The Labute approximate surface area is 80.4 Å². The number of ether oxygens (including phenoxy) is 2. The van der Waals surface area contributed by atoms with Crippen LogP contribution in [0.15, 0.2) is 0 Å². The third-order valence-corrected chi connectivity index (χ3v) is 1.59. The van der Waals surface area contributed by atoms with Gasteiger partial charge in [-0.2, -0.15) is 0 Å². The minimum atomic E-state index is -0.339. The Hall–Kier alpha value is -0.570. The van der Waals surface area contributed by atoms with Gasteiger partial charge in [0.1, 0.15) is 0 Å². The van der Waals surface area contributed by atoms with Crippen LogP contribution in [0.25, 0.3) is 0 Å². The summed E-state index contributed by atoms with van der Waals surface area (Å²) in [6.07, 6.45) is 2.71. The Balaban J connectivity index is 3.71. The lowest BCUT2D eigenvalue weighted by molar-refractivity contribution is -0.179. The van der Waals surface area contributed by atoms with E-state index in [4.69, 9.17) is 9.47 Å². The van der Waals surface area contributed by atoms with Gasteiger partial charge in [0.05, 0.1) is 0 Å². The first-order valence-electron chi connectivity index (χ1n) is 5.05. The largest absolute Gasteiger partial charge is 0.436 e. The van der Waals surface area contributed by atoms with Gasteiger partial charge in [-0.1, -0.05) is 20.3 Å². The van der Waals surface area contributed by atoms with E-state index in [1.807, 2.05) is 20.8 Å². The zero-order valence-corrected chi connectivity index (χ0v) is 8.84. The molecule has 3 heteroatoms. The molecule has 0 amide bonds. The number of hydrogen-bond acceptors (Lipinski definition) is 3. The Bertz CT molecular complexity index is 128. The van der Waals surface area contributed by atoms with Gasteiger partial charge >= 0.3 is 5.97 Å². The Kier molecular flexibility index (Phi) is 7.69. The summed E-state index contributed by atoms with van der Waals surface area (Å²) in [5.74, 6) is -0.158. The summed E-state index contributed by atoms with van der Waals surface area (Å²) in [5.41, 5.74) is 0. The van der Waals surface area contributed by atoms with Crippen molar-refractivity contribution in [2.24, 2.45) is 0 Å². The molecule has 0 aromatic rings. The van der Waals surface area contributed by atoms with E-state index in [1.165, 1.54) is 0 Å². The molecule has 0 saturated heterocycles. The second-order valence-corrected chi connectivity index (χ2v) is 2.91. The second kappa shape index (κ2) is 8.05. The van der Waals surface area contributed by atoms with E-state index in [9.17, 15) is 4.79 Å². The molecule has 1 atom stereocenters. The normalized spacial score (nSPS) is 12.5. The Morgan fingerprint density at radius 1 is 1.23 bits per heavy atom. The van der Waals surface area contributed by atoms with Gasteiger partial charge in [0.25, 0.3) is 0 Å². The van der Waals surface area contributed by atoms with E-state index in [-0.39, 0.29) is 12.3 Å². The molecular formula is C10H20O3. The maximum atomic E-state index is 11.1. The monoisotopic (exact) mass is 188 g/mol. The first-order chi connectivity index (χ1) is 6.24. The highest BCUT2D eigenvalue weighted by Gasteiger charge is 2.11. The van der Waals surface area contributed by atoms with E-state index in [0.29, 0.717) is 13.0 Å². The molecule has 0 bridgehead atoms. The fourth-order valence-corrected chi connectivity index (χ4v) is 1.01. The fourth-order valence-electron chi connectivity index (χ4n) is 1.01. The Morgan fingerprint density at radius 3 is 2.38 bits per heavy atom. The van der Waals surface area contributed by atoms with Crippen molar-refractivity contribution in [3.05, 3.63) is 0 Å². The summed E-state index contributed by atoms with van der Waals surface area (Å²) in [6, 6.07) is 0. The van der Waals surface area contributed by atoms with Gasteiger partial charge in [0, 0.05) is 19.4 Å². The average molecular weight is 188 g/mol. The van der Waals surface area contributed by atoms with Gasteiger partial charge in [-0.3, -0.25) is 4.79 Å². The zero-order chi connectivity index (χ0) is 10.1. The fraction of sp³-hybridized carbons (Fsp3) is 0.900. The molecule has 13 heavy (non-hydrogen) atoms. The molecule has 0 aromatic carbocycles.